The Labute approximate surface area is 125 Å². The average molecular weight is 294 g/mol. The van der Waals surface area contributed by atoms with Gasteiger partial charge in [-0.1, -0.05) is 25.4 Å². The highest BCUT2D eigenvalue weighted by Gasteiger charge is 2.34. The molecule has 0 amide bonds. The highest BCUT2D eigenvalue weighted by atomic mass is 35.5. The zero-order valence-electron chi connectivity index (χ0n) is 11.9. The van der Waals surface area contributed by atoms with Gasteiger partial charge < -0.3 is 10.1 Å². The minimum Gasteiger partial charge on any atom is -0.375 e. The van der Waals surface area contributed by atoms with Gasteiger partial charge in [0.2, 0.25) is 0 Å². The summed E-state index contributed by atoms with van der Waals surface area (Å²) in [6.07, 6.45) is 5.48. The average Bonchev–Trinajstić information content (AvgIpc) is 2.49. The number of hydrogen-bond donors (Lipinski definition) is 1. The third-order valence-electron chi connectivity index (χ3n) is 4.13. The Morgan fingerprint density at radius 2 is 2.30 bits per heavy atom. The summed E-state index contributed by atoms with van der Waals surface area (Å²) in [7, 11) is 0. The van der Waals surface area contributed by atoms with Gasteiger partial charge in [0, 0.05) is 18.8 Å². The molecule has 1 aliphatic heterocycles. The lowest BCUT2D eigenvalue weighted by atomic mass is 9.86. The summed E-state index contributed by atoms with van der Waals surface area (Å²) in [4.78, 5) is 4.25. The van der Waals surface area contributed by atoms with Crippen LogP contribution in [0.5, 0.6) is 0 Å². The first-order valence-electron chi connectivity index (χ1n) is 7.09. The predicted octanol–water partition coefficient (Wildman–Crippen LogP) is 3.76. The van der Waals surface area contributed by atoms with E-state index in [9.17, 15) is 0 Å². The van der Waals surface area contributed by atoms with E-state index in [4.69, 9.17) is 21.6 Å². The third kappa shape index (κ3) is 3.05. The molecule has 1 aromatic rings. The molecule has 108 valence electrons. The van der Waals surface area contributed by atoms with Crippen molar-refractivity contribution >= 4 is 17.4 Å². The van der Waals surface area contributed by atoms with Crippen LogP contribution in [0.2, 0.25) is 5.02 Å². The first-order chi connectivity index (χ1) is 9.64. The Morgan fingerprint density at radius 3 is 2.95 bits per heavy atom. The number of hydrogen-bond acceptors (Lipinski definition) is 4. The number of nitrogens with one attached hydrogen (secondary N) is 1. The van der Waals surface area contributed by atoms with Crippen molar-refractivity contribution in [1.82, 2.24) is 4.98 Å². The largest absolute Gasteiger partial charge is 0.375 e. The van der Waals surface area contributed by atoms with Crippen molar-refractivity contribution in [2.75, 3.05) is 11.9 Å². The van der Waals surface area contributed by atoms with Crippen LogP contribution in [0.1, 0.15) is 45.1 Å². The van der Waals surface area contributed by atoms with Gasteiger partial charge in [0.15, 0.2) is 0 Å². The highest BCUT2D eigenvalue weighted by molar-refractivity contribution is 6.34. The van der Waals surface area contributed by atoms with Gasteiger partial charge in [0.05, 0.1) is 11.2 Å². The van der Waals surface area contributed by atoms with Crippen LogP contribution in [0.25, 0.3) is 0 Å². The molecule has 2 heterocycles. The standard InChI is InChI=1S/C15H20ClN3O/c1-3-15(4-2)9-12(6-8-20-15)19-14-13(16)11(10-17)5-7-18-14/h5,7,12H,3-4,6,8-9H2,1-2H3,(H,18,19). The summed E-state index contributed by atoms with van der Waals surface area (Å²) in [5.41, 5.74) is 0.406. The lowest BCUT2D eigenvalue weighted by molar-refractivity contribution is -0.0864. The van der Waals surface area contributed by atoms with E-state index in [0.29, 0.717) is 16.4 Å². The van der Waals surface area contributed by atoms with Gasteiger partial charge in [0.25, 0.3) is 0 Å². The molecular formula is C15H20ClN3O. The minimum absolute atomic E-state index is 0.0464. The SMILES string of the molecule is CCC1(CC)CC(Nc2nccc(C#N)c2Cl)CCO1. The monoisotopic (exact) mass is 293 g/mol. The quantitative estimate of drug-likeness (QED) is 0.918. The number of nitriles is 1. The normalized spacial score (nSPS) is 21.2. The molecule has 5 heteroatoms. The highest BCUT2D eigenvalue weighted by Crippen LogP contribution is 2.33. The minimum atomic E-state index is -0.0464. The zero-order valence-corrected chi connectivity index (χ0v) is 12.7. The van der Waals surface area contributed by atoms with Gasteiger partial charge in [-0.2, -0.15) is 5.26 Å². The molecular weight excluding hydrogens is 274 g/mol. The molecule has 1 N–H and O–H groups in total. The molecule has 1 aliphatic rings. The van der Waals surface area contributed by atoms with Gasteiger partial charge in [0.1, 0.15) is 16.9 Å². The molecule has 0 saturated carbocycles. The molecule has 20 heavy (non-hydrogen) atoms. The summed E-state index contributed by atoms with van der Waals surface area (Å²) in [5.74, 6) is 0.596. The second-order valence-electron chi connectivity index (χ2n) is 5.21. The lowest BCUT2D eigenvalue weighted by Gasteiger charge is -2.40. The number of rotatable bonds is 4. The molecule has 0 bridgehead atoms. The molecule has 1 unspecified atom stereocenters. The number of ether oxygens (including phenoxy) is 1. The second-order valence-corrected chi connectivity index (χ2v) is 5.58. The fraction of sp³-hybridized carbons (Fsp3) is 0.600. The zero-order chi connectivity index (χ0) is 14.6. The van der Waals surface area contributed by atoms with Crippen molar-refractivity contribution in [3.05, 3.63) is 22.8 Å². The predicted molar refractivity (Wildman–Crippen MR) is 79.9 cm³/mol. The lowest BCUT2D eigenvalue weighted by Crippen LogP contribution is -2.43. The molecule has 1 atom stereocenters. The number of pyridine rings is 1. The third-order valence-corrected chi connectivity index (χ3v) is 4.51. The van der Waals surface area contributed by atoms with Crippen LogP contribution in [0.4, 0.5) is 5.82 Å². The van der Waals surface area contributed by atoms with Gasteiger partial charge in [-0.15, -0.1) is 0 Å². The molecule has 1 saturated heterocycles. The number of halogens is 1. The van der Waals surface area contributed by atoms with E-state index in [1.54, 1.807) is 12.3 Å². The summed E-state index contributed by atoms with van der Waals surface area (Å²) in [6.45, 7) is 5.07. The summed E-state index contributed by atoms with van der Waals surface area (Å²) < 4.78 is 5.96. The molecule has 0 aliphatic carbocycles. The molecule has 0 spiro atoms. The van der Waals surface area contributed by atoms with E-state index in [-0.39, 0.29) is 11.6 Å². The van der Waals surface area contributed by atoms with E-state index in [2.05, 4.69) is 30.2 Å². The Kier molecular flexibility index (Phi) is 4.85. The van der Waals surface area contributed by atoms with Crippen molar-refractivity contribution in [2.24, 2.45) is 0 Å². The van der Waals surface area contributed by atoms with Gasteiger partial charge in [-0.05, 0) is 31.7 Å². The van der Waals surface area contributed by atoms with Crippen molar-refractivity contribution in [1.29, 1.82) is 5.26 Å². The molecule has 1 aromatic heterocycles. The van der Waals surface area contributed by atoms with E-state index in [1.165, 1.54) is 0 Å². The summed E-state index contributed by atoms with van der Waals surface area (Å²) in [6, 6.07) is 3.98. The number of aromatic nitrogens is 1. The molecule has 0 aromatic carbocycles. The van der Waals surface area contributed by atoms with E-state index < -0.39 is 0 Å². The number of nitrogens with zero attached hydrogens (tertiary/aromatic N) is 2. The van der Waals surface area contributed by atoms with Crippen LogP contribution < -0.4 is 5.32 Å². The smallest absolute Gasteiger partial charge is 0.146 e. The maximum absolute atomic E-state index is 9.00. The summed E-state index contributed by atoms with van der Waals surface area (Å²) >= 11 is 6.19. The maximum atomic E-state index is 9.00. The molecule has 2 rings (SSSR count). The summed E-state index contributed by atoms with van der Waals surface area (Å²) in [5, 5.41) is 12.8. The van der Waals surface area contributed by atoms with Crippen LogP contribution >= 0.6 is 11.6 Å². The fourth-order valence-corrected chi connectivity index (χ4v) is 2.93. The van der Waals surface area contributed by atoms with Gasteiger partial charge in [-0.25, -0.2) is 4.98 Å². The number of anilines is 1. The fourth-order valence-electron chi connectivity index (χ4n) is 2.72. The van der Waals surface area contributed by atoms with Crippen molar-refractivity contribution < 1.29 is 4.74 Å². The molecule has 1 fully saturated rings. The first kappa shape index (κ1) is 15.1. The van der Waals surface area contributed by atoms with E-state index in [1.807, 2.05) is 0 Å². The second kappa shape index (κ2) is 6.43. The van der Waals surface area contributed by atoms with Gasteiger partial charge in [-0.3, -0.25) is 0 Å². The Balaban J connectivity index is 2.13. The van der Waals surface area contributed by atoms with Crippen LogP contribution in [-0.4, -0.2) is 23.2 Å². The molecule has 4 nitrogen and oxygen atoms in total. The Hall–Kier alpha value is -1.31. The van der Waals surface area contributed by atoms with Gasteiger partial charge >= 0.3 is 0 Å². The Bertz CT molecular complexity index is 508. The van der Waals surface area contributed by atoms with Crippen molar-refractivity contribution in [3.63, 3.8) is 0 Å². The Morgan fingerprint density at radius 1 is 1.55 bits per heavy atom. The van der Waals surface area contributed by atoms with Crippen molar-refractivity contribution in [2.45, 2.75) is 51.2 Å². The first-order valence-corrected chi connectivity index (χ1v) is 7.47. The maximum Gasteiger partial charge on any atom is 0.146 e. The van der Waals surface area contributed by atoms with Crippen LogP contribution in [-0.2, 0) is 4.74 Å². The van der Waals surface area contributed by atoms with Crippen LogP contribution in [0.3, 0.4) is 0 Å². The van der Waals surface area contributed by atoms with E-state index >= 15 is 0 Å². The topological polar surface area (TPSA) is 57.9 Å². The van der Waals surface area contributed by atoms with E-state index in [0.717, 1.165) is 32.3 Å². The van der Waals surface area contributed by atoms with Crippen LogP contribution in [0.15, 0.2) is 12.3 Å². The van der Waals surface area contributed by atoms with Crippen LogP contribution in [0, 0.1) is 11.3 Å². The molecule has 0 radical (unpaired) electrons. The van der Waals surface area contributed by atoms with Crippen molar-refractivity contribution in [3.8, 4) is 6.07 Å².